The predicted molar refractivity (Wildman–Crippen MR) is 96.4 cm³/mol. The molecular formula is C17H19BBrNO3. The van der Waals surface area contributed by atoms with Crippen LogP contribution < -0.4 is 5.32 Å². The van der Waals surface area contributed by atoms with Crippen LogP contribution in [0.4, 0.5) is 0 Å². The molecule has 23 heavy (non-hydrogen) atoms. The molecule has 0 aliphatic rings. The van der Waals surface area contributed by atoms with Gasteiger partial charge in [0.15, 0.2) is 0 Å². The van der Waals surface area contributed by atoms with Gasteiger partial charge in [-0.15, -0.1) is 0 Å². The molecule has 0 spiro atoms. The molecule has 2 rings (SSSR count). The van der Waals surface area contributed by atoms with Gasteiger partial charge in [0, 0.05) is 10.9 Å². The number of halogens is 1. The minimum Gasteiger partial charge on any atom is -0.426 e. The van der Waals surface area contributed by atoms with E-state index in [2.05, 4.69) is 21.2 Å². The second kappa shape index (κ2) is 8.86. The summed E-state index contributed by atoms with van der Waals surface area (Å²) in [4.78, 5) is 12.2. The van der Waals surface area contributed by atoms with Crippen molar-refractivity contribution in [2.24, 2.45) is 0 Å². The number of hydrogen-bond donors (Lipinski definition) is 3. The number of benzene rings is 2. The Bertz CT molecular complexity index is 619. The van der Waals surface area contributed by atoms with Crippen molar-refractivity contribution in [3.05, 3.63) is 60.2 Å². The van der Waals surface area contributed by atoms with Gasteiger partial charge in [0.05, 0.1) is 5.94 Å². The summed E-state index contributed by atoms with van der Waals surface area (Å²) in [6.45, 7) is 0. The van der Waals surface area contributed by atoms with E-state index >= 15 is 0 Å². The summed E-state index contributed by atoms with van der Waals surface area (Å²) in [5.41, 5.74) is 2.61. The van der Waals surface area contributed by atoms with Crippen molar-refractivity contribution in [1.29, 1.82) is 0 Å². The van der Waals surface area contributed by atoms with E-state index in [1.54, 1.807) is 12.1 Å². The molecule has 1 unspecified atom stereocenters. The predicted octanol–water partition coefficient (Wildman–Crippen LogP) is 2.64. The lowest BCUT2D eigenvalue weighted by atomic mass is 9.77. The molecule has 120 valence electrons. The van der Waals surface area contributed by atoms with Crippen molar-refractivity contribution < 1.29 is 14.8 Å². The van der Waals surface area contributed by atoms with Gasteiger partial charge in [0.1, 0.15) is 0 Å². The highest BCUT2D eigenvalue weighted by Crippen LogP contribution is 2.19. The monoisotopic (exact) mass is 375 g/mol. The Morgan fingerprint density at radius 1 is 1.04 bits per heavy atom. The molecule has 6 heteroatoms. The third-order valence-corrected chi connectivity index (χ3v) is 4.14. The van der Waals surface area contributed by atoms with Gasteiger partial charge in [0.2, 0.25) is 0 Å². The van der Waals surface area contributed by atoms with Crippen molar-refractivity contribution >= 4 is 29.0 Å². The molecule has 0 aliphatic carbocycles. The molecule has 0 aliphatic heterocycles. The van der Waals surface area contributed by atoms with E-state index in [1.807, 2.05) is 42.5 Å². The molecule has 0 saturated heterocycles. The lowest BCUT2D eigenvalue weighted by Crippen LogP contribution is -2.46. The minimum atomic E-state index is -1.57. The topological polar surface area (TPSA) is 69.6 Å². The van der Waals surface area contributed by atoms with Crippen LogP contribution in [0, 0.1) is 0 Å². The van der Waals surface area contributed by atoms with Crippen LogP contribution in [0.15, 0.2) is 54.6 Å². The van der Waals surface area contributed by atoms with Crippen molar-refractivity contribution in [2.75, 3.05) is 5.33 Å². The second-order valence-corrected chi connectivity index (χ2v) is 6.06. The summed E-state index contributed by atoms with van der Waals surface area (Å²) in [6, 6.07) is 17.1. The van der Waals surface area contributed by atoms with E-state index in [0.29, 0.717) is 12.0 Å². The number of carbonyl (C=O) groups is 1. The first-order valence-corrected chi connectivity index (χ1v) is 8.62. The summed E-state index contributed by atoms with van der Waals surface area (Å²) in [6.07, 6.45) is 1.24. The molecule has 0 heterocycles. The quantitative estimate of drug-likeness (QED) is 0.514. The Labute approximate surface area is 144 Å². The first kappa shape index (κ1) is 17.7. The highest BCUT2D eigenvalue weighted by molar-refractivity contribution is 9.09. The summed E-state index contributed by atoms with van der Waals surface area (Å²) in [7, 11) is -1.57. The van der Waals surface area contributed by atoms with Gasteiger partial charge in [-0.05, 0) is 36.1 Å². The van der Waals surface area contributed by atoms with Crippen LogP contribution in [-0.4, -0.2) is 34.3 Å². The third-order valence-electron chi connectivity index (χ3n) is 3.58. The molecule has 0 radical (unpaired) electrons. The van der Waals surface area contributed by atoms with E-state index in [0.717, 1.165) is 22.9 Å². The van der Waals surface area contributed by atoms with E-state index in [4.69, 9.17) is 0 Å². The van der Waals surface area contributed by atoms with Gasteiger partial charge in [0.25, 0.3) is 5.91 Å². The fourth-order valence-electron chi connectivity index (χ4n) is 2.29. The van der Waals surface area contributed by atoms with E-state index in [-0.39, 0.29) is 5.91 Å². The highest BCUT2D eigenvalue weighted by Gasteiger charge is 2.25. The van der Waals surface area contributed by atoms with Crippen molar-refractivity contribution in [3.63, 3.8) is 0 Å². The second-order valence-electron chi connectivity index (χ2n) is 5.27. The number of alkyl halides is 1. The number of rotatable bonds is 7. The number of nitrogens with one attached hydrogen (secondary N) is 1. The molecule has 0 fully saturated rings. The van der Waals surface area contributed by atoms with Gasteiger partial charge in [-0.25, -0.2) is 0 Å². The van der Waals surface area contributed by atoms with E-state index in [1.165, 1.54) is 0 Å². The third kappa shape index (κ3) is 5.20. The van der Waals surface area contributed by atoms with Gasteiger partial charge in [-0.2, -0.15) is 0 Å². The molecule has 0 aromatic heterocycles. The fourth-order valence-corrected chi connectivity index (χ4v) is 2.61. The molecule has 1 amide bonds. The minimum absolute atomic E-state index is 0.308. The first-order chi connectivity index (χ1) is 11.1. The van der Waals surface area contributed by atoms with Gasteiger partial charge in [-0.1, -0.05) is 58.4 Å². The summed E-state index contributed by atoms with van der Waals surface area (Å²) < 4.78 is 0. The molecule has 2 aromatic rings. The summed E-state index contributed by atoms with van der Waals surface area (Å²) in [5, 5.41) is 22.1. The molecule has 3 N–H and O–H groups in total. The number of amides is 1. The standard InChI is InChI=1S/C17H19BBrNO3/c19-12-4-7-16(18(22)23)20-17(21)15-10-8-14(9-11-15)13-5-2-1-3-6-13/h1-3,5-6,8-11,16,22-23H,4,7,12H2,(H,20,21). The molecule has 0 saturated carbocycles. The zero-order valence-corrected chi connectivity index (χ0v) is 14.2. The lowest BCUT2D eigenvalue weighted by Gasteiger charge is -2.17. The van der Waals surface area contributed by atoms with E-state index < -0.39 is 13.1 Å². The molecule has 1 atom stereocenters. The Hall–Kier alpha value is -1.63. The maximum Gasteiger partial charge on any atom is 0.475 e. The van der Waals surface area contributed by atoms with Crippen LogP contribution in [0.3, 0.4) is 0 Å². The highest BCUT2D eigenvalue weighted by atomic mass is 79.9. The van der Waals surface area contributed by atoms with Crippen LogP contribution >= 0.6 is 15.9 Å². The van der Waals surface area contributed by atoms with Crippen molar-refractivity contribution in [3.8, 4) is 11.1 Å². The zero-order valence-electron chi connectivity index (χ0n) is 12.7. The normalized spacial score (nSPS) is 11.8. The zero-order chi connectivity index (χ0) is 16.7. The largest absolute Gasteiger partial charge is 0.475 e. The average Bonchev–Trinajstić information content (AvgIpc) is 2.59. The first-order valence-electron chi connectivity index (χ1n) is 7.50. The number of hydrogen-bond acceptors (Lipinski definition) is 3. The molecule has 2 aromatic carbocycles. The SMILES string of the molecule is O=C(NC(CCCBr)B(O)O)c1ccc(-c2ccccc2)cc1. The molecule has 4 nitrogen and oxygen atoms in total. The Morgan fingerprint density at radius 2 is 1.65 bits per heavy atom. The molecule has 0 bridgehead atoms. The summed E-state index contributed by atoms with van der Waals surface area (Å²) >= 11 is 3.29. The van der Waals surface area contributed by atoms with Gasteiger partial charge < -0.3 is 15.4 Å². The van der Waals surface area contributed by atoms with Crippen LogP contribution in [0.5, 0.6) is 0 Å². The smallest absolute Gasteiger partial charge is 0.426 e. The van der Waals surface area contributed by atoms with Crippen molar-refractivity contribution in [2.45, 2.75) is 18.8 Å². The Kier molecular flexibility index (Phi) is 6.83. The van der Waals surface area contributed by atoms with Gasteiger partial charge in [-0.3, -0.25) is 4.79 Å². The van der Waals surface area contributed by atoms with Crippen LogP contribution in [0.1, 0.15) is 23.2 Å². The Morgan fingerprint density at radius 3 is 2.22 bits per heavy atom. The van der Waals surface area contributed by atoms with Crippen LogP contribution in [-0.2, 0) is 0 Å². The average molecular weight is 376 g/mol. The maximum atomic E-state index is 12.2. The fraction of sp³-hybridized carbons (Fsp3) is 0.235. The molecular weight excluding hydrogens is 357 g/mol. The van der Waals surface area contributed by atoms with Gasteiger partial charge >= 0.3 is 7.12 Å². The Balaban J connectivity index is 2.05. The number of carbonyl (C=O) groups excluding carboxylic acids is 1. The van der Waals surface area contributed by atoms with Crippen molar-refractivity contribution in [1.82, 2.24) is 5.32 Å². The van der Waals surface area contributed by atoms with Crippen LogP contribution in [0.2, 0.25) is 0 Å². The maximum absolute atomic E-state index is 12.2. The van der Waals surface area contributed by atoms with E-state index in [9.17, 15) is 14.8 Å². The summed E-state index contributed by atoms with van der Waals surface area (Å²) in [5.74, 6) is -0.980. The van der Waals surface area contributed by atoms with Crippen LogP contribution in [0.25, 0.3) is 11.1 Å². The lowest BCUT2D eigenvalue weighted by molar-refractivity contribution is 0.0940.